The highest BCUT2D eigenvalue weighted by Crippen LogP contribution is 2.29. The summed E-state index contributed by atoms with van der Waals surface area (Å²) < 4.78 is 18.5. The Morgan fingerprint density at radius 2 is 1.95 bits per heavy atom. The Labute approximate surface area is 122 Å². The Kier molecular flexibility index (Phi) is 4.42. The normalized spacial score (nSPS) is 11.8. The first-order chi connectivity index (χ1) is 10.0. The Bertz CT molecular complexity index is 658. The number of para-hydroxylation sites is 1. The summed E-state index contributed by atoms with van der Waals surface area (Å²) in [7, 11) is 1.30. The predicted octanol–water partition coefficient (Wildman–Crippen LogP) is 3.37. The molecule has 0 aliphatic carbocycles. The standard InChI is InChI=1S/C16H17FN2O2/c1-10(11-6-3-4-8-13(11)17)19-15-12(16(20)21-2)7-5-9-14(15)18/h3-10,19H,18H2,1-2H3. The maximum Gasteiger partial charge on any atom is 0.340 e. The molecule has 0 aromatic heterocycles. The number of esters is 1. The zero-order valence-electron chi connectivity index (χ0n) is 11.9. The number of rotatable bonds is 4. The third-order valence-corrected chi connectivity index (χ3v) is 3.23. The van der Waals surface area contributed by atoms with Crippen molar-refractivity contribution in [3.05, 3.63) is 59.4 Å². The molecular weight excluding hydrogens is 271 g/mol. The van der Waals surface area contributed by atoms with E-state index < -0.39 is 5.97 Å². The molecule has 21 heavy (non-hydrogen) atoms. The third-order valence-electron chi connectivity index (χ3n) is 3.23. The number of carbonyl (C=O) groups is 1. The topological polar surface area (TPSA) is 64.3 Å². The number of methoxy groups -OCH3 is 1. The second-order valence-electron chi connectivity index (χ2n) is 4.65. The van der Waals surface area contributed by atoms with Crippen molar-refractivity contribution >= 4 is 17.3 Å². The average Bonchev–Trinajstić information content (AvgIpc) is 2.48. The smallest absolute Gasteiger partial charge is 0.340 e. The molecule has 0 amide bonds. The molecule has 0 aliphatic rings. The van der Waals surface area contributed by atoms with Crippen LogP contribution >= 0.6 is 0 Å². The molecule has 1 unspecified atom stereocenters. The predicted molar refractivity (Wildman–Crippen MR) is 80.6 cm³/mol. The van der Waals surface area contributed by atoms with Crippen molar-refractivity contribution in [1.82, 2.24) is 0 Å². The number of carbonyl (C=O) groups excluding carboxylic acids is 1. The fourth-order valence-electron chi connectivity index (χ4n) is 2.13. The summed E-state index contributed by atoms with van der Waals surface area (Å²) in [5.74, 6) is -0.808. The van der Waals surface area contributed by atoms with E-state index in [0.29, 0.717) is 22.5 Å². The highest BCUT2D eigenvalue weighted by molar-refractivity contribution is 5.98. The lowest BCUT2D eigenvalue weighted by molar-refractivity contribution is 0.0602. The van der Waals surface area contributed by atoms with E-state index in [-0.39, 0.29) is 11.9 Å². The Morgan fingerprint density at radius 3 is 2.62 bits per heavy atom. The number of hydrogen-bond acceptors (Lipinski definition) is 4. The number of anilines is 2. The number of nitrogens with one attached hydrogen (secondary N) is 1. The molecule has 0 fully saturated rings. The first kappa shape index (κ1) is 14.8. The van der Waals surface area contributed by atoms with Crippen LogP contribution in [0, 0.1) is 5.82 Å². The van der Waals surface area contributed by atoms with Gasteiger partial charge < -0.3 is 15.8 Å². The molecule has 0 radical (unpaired) electrons. The van der Waals surface area contributed by atoms with Gasteiger partial charge in [0.25, 0.3) is 0 Å². The summed E-state index contributed by atoms with van der Waals surface area (Å²) in [6.07, 6.45) is 0. The largest absolute Gasteiger partial charge is 0.465 e. The maximum absolute atomic E-state index is 13.8. The summed E-state index contributed by atoms with van der Waals surface area (Å²) in [4.78, 5) is 11.8. The van der Waals surface area contributed by atoms with Gasteiger partial charge in [-0.2, -0.15) is 0 Å². The lowest BCUT2D eigenvalue weighted by Crippen LogP contribution is -2.14. The lowest BCUT2D eigenvalue weighted by atomic mass is 10.1. The number of halogens is 1. The molecule has 0 bridgehead atoms. The molecule has 0 aliphatic heterocycles. The first-order valence-corrected chi connectivity index (χ1v) is 6.52. The van der Waals surface area contributed by atoms with Crippen LogP contribution in [0.3, 0.4) is 0 Å². The molecule has 0 heterocycles. The molecular formula is C16H17FN2O2. The quantitative estimate of drug-likeness (QED) is 0.669. The van der Waals surface area contributed by atoms with Crippen LogP contribution in [0.15, 0.2) is 42.5 Å². The molecule has 0 spiro atoms. The van der Waals surface area contributed by atoms with E-state index in [4.69, 9.17) is 10.5 Å². The van der Waals surface area contributed by atoms with Crippen molar-refractivity contribution in [3.8, 4) is 0 Å². The summed E-state index contributed by atoms with van der Waals surface area (Å²) >= 11 is 0. The summed E-state index contributed by atoms with van der Waals surface area (Å²) in [6.45, 7) is 1.80. The van der Waals surface area contributed by atoms with Crippen molar-refractivity contribution in [3.63, 3.8) is 0 Å². The number of nitrogen functional groups attached to an aromatic ring is 1. The maximum atomic E-state index is 13.8. The zero-order valence-corrected chi connectivity index (χ0v) is 11.9. The molecule has 2 aromatic carbocycles. The highest BCUT2D eigenvalue weighted by Gasteiger charge is 2.17. The van der Waals surface area contributed by atoms with Crippen LogP contribution in [-0.4, -0.2) is 13.1 Å². The van der Waals surface area contributed by atoms with Crippen LogP contribution in [0.1, 0.15) is 28.9 Å². The van der Waals surface area contributed by atoms with Gasteiger partial charge in [-0.15, -0.1) is 0 Å². The van der Waals surface area contributed by atoms with Crippen molar-refractivity contribution in [2.24, 2.45) is 0 Å². The molecule has 5 heteroatoms. The summed E-state index contributed by atoms with van der Waals surface area (Å²) in [5, 5.41) is 3.09. The van der Waals surface area contributed by atoms with Gasteiger partial charge in [0.2, 0.25) is 0 Å². The van der Waals surface area contributed by atoms with Crippen LogP contribution in [-0.2, 0) is 4.74 Å². The van der Waals surface area contributed by atoms with Gasteiger partial charge in [0.05, 0.1) is 30.1 Å². The van der Waals surface area contributed by atoms with E-state index in [1.807, 2.05) is 0 Å². The van der Waals surface area contributed by atoms with Gasteiger partial charge in [-0.1, -0.05) is 24.3 Å². The molecule has 0 saturated carbocycles. The van der Waals surface area contributed by atoms with Gasteiger partial charge in [-0.3, -0.25) is 0 Å². The fourth-order valence-corrected chi connectivity index (χ4v) is 2.13. The molecule has 3 N–H and O–H groups in total. The third kappa shape index (κ3) is 3.13. The zero-order chi connectivity index (χ0) is 15.4. The SMILES string of the molecule is COC(=O)c1cccc(N)c1NC(C)c1ccccc1F. The number of benzene rings is 2. The average molecular weight is 288 g/mol. The van der Waals surface area contributed by atoms with E-state index in [1.54, 1.807) is 43.3 Å². The van der Waals surface area contributed by atoms with Crippen LogP contribution in [0.4, 0.5) is 15.8 Å². The minimum Gasteiger partial charge on any atom is -0.465 e. The van der Waals surface area contributed by atoms with E-state index in [2.05, 4.69) is 5.32 Å². The van der Waals surface area contributed by atoms with Crippen LogP contribution < -0.4 is 11.1 Å². The van der Waals surface area contributed by atoms with Gasteiger partial charge in [-0.25, -0.2) is 9.18 Å². The first-order valence-electron chi connectivity index (χ1n) is 6.52. The number of nitrogens with two attached hydrogens (primary N) is 1. The summed E-state index contributed by atoms with van der Waals surface area (Å²) in [6, 6.07) is 11.1. The van der Waals surface area contributed by atoms with E-state index in [9.17, 15) is 9.18 Å². The van der Waals surface area contributed by atoms with Crippen molar-refractivity contribution in [2.75, 3.05) is 18.2 Å². The van der Waals surface area contributed by atoms with Gasteiger partial charge >= 0.3 is 5.97 Å². The number of hydrogen-bond donors (Lipinski definition) is 2. The molecule has 2 aromatic rings. The Balaban J connectivity index is 2.35. The molecule has 0 saturated heterocycles. The minimum atomic E-state index is -0.495. The molecule has 4 nitrogen and oxygen atoms in total. The minimum absolute atomic E-state index is 0.313. The van der Waals surface area contributed by atoms with Gasteiger partial charge in [0.15, 0.2) is 0 Å². The molecule has 2 rings (SSSR count). The van der Waals surface area contributed by atoms with E-state index in [0.717, 1.165) is 0 Å². The van der Waals surface area contributed by atoms with Crippen molar-refractivity contribution in [2.45, 2.75) is 13.0 Å². The van der Waals surface area contributed by atoms with Gasteiger partial charge in [0.1, 0.15) is 5.82 Å². The molecule has 110 valence electrons. The van der Waals surface area contributed by atoms with Crippen molar-refractivity contribution < 1.29 is 13.9 Å². The number of ether oxygens (including phenoxy) is 1. The van der Waals surface area contributed by atoms with Gasteiger partial charge in [0, 0.05) is 5.56 Å². The second-order valence-corrected chi connectivity index (χ2v) is 4.65. The van der Waals surface area contributed by atoms with Gasteiger partial charge in [-0.05, 0) is 25.1 Å². The lowest BCUT2D eigenvalue weighted by Gasteiger charge is -2.19. The van der Waals surface area contributed by atoms with E-state index in [1.165, 1.54) is 13.2 Å². The Morgan fingerprint density at radius 1 is 1.24 bits per heavy atom. The van der Waals surface area contributed by atoms with Crippen LogP contribution in [0.5, 0.6) is 0 Å². The van der Waals surface area contributed by atoms with Crippen molar-refractivity contribution in [1.29, 1.82) is 0 Å². The van der Waals surface area contributed by atoms with Crippen LogP contribution in [0.2, 0.25) is 0 Å². The fraction of sp³-hybridized carbons (Fsp3) is 0.188. The Hall–Kier alpha value is -2.56. The monoisotopic (exact) mass is 288 g/mol. The van der Waals surface area contributed by atoms with Crippen LogP contribution in [0.25, 0.3) is 0 Å². The highest BCUT2D eigenvalue weighted by atomic mass is 19.1. The van der Waals surface area contributed by atoms with E-state index >= 15 is 0 Å². The summed E-state index contributed by atoms with van der Waals surface area (Å²) in [5.41, 5.74) is 7.58. The molecule has 1 atom stereocenters. The second kappa shape index (κ2) is 6.26.